The molecule has 1 atom stereocenters. The van der Waals surface area contributed by atoms with Crippen LogP contribution in [0.4, 0.5) is 0 Å². The van der Waals surface area contributed by atoms with E-state index >= 15 is 0 Å². The van der Waals surface area contributed by atoms with Crippen molar-refractivity contribution in [3.05, 3.63) is 23.5 Å². The Hall–Kier alpha value is -2.44. The summed E-state index contributed by atoms with van der Waals surface area (Å²) in [7, 11) is 0. The summed E-state index contributed by atoms with van der Waals surface area (Å²) >= 11 is 0. The fraction of sp³-hybridized carbons (Fsp3) is 0.385. The van der Waals surface area contributed by atoms with Crippen molar-refractivity contribution in [1.29, 1.82) is 0 Å². The summed E-state index contributed by atoms with van der Waals surface area (Å²) in [6, 6.07) is -0.825. The zero-order chi connectivity index (χ0) is 14.3. The molecule has 0 aromatic carbocycles. The normalized spacial score (nSPS) is 23.0. The molecule has 0 bridgehead atoms. The first kappa shape index (κ1) is 12.6. The van der Waals surface area contributed by atoms with Gasteiger partial charge in [-0.05, 0) is 12.0 Å². The van der Waals surface area contributed by atoms with Crippen molar-refractivity contribution in [3.63, 3.8) is 0 Å². The molecule has 1 saturated carbocycles. The van der Waals surface area contributed by atoms with E-state index in [1.165, 1.54) is 12.4 Å². The van der Waals surface area contributed by atoms with E-state index in [1.54, 1.807) is 0 Å². The van der Waals surface area contributed by atoms with Crippen molar-refractivity contribution in [1.82, 2.24) is 15.1 Å². The Morgan fingerprint density at radius 1 is 1.05 bits per heavy atom. The Bertz CT molecular complexity index is 640. The average molecular weight is 273 g/mol. The van der Waals surface area contributed by atoms with E-state index in [4.69, 9.17) is 0 Å². The standard InChI is InChI=1S/C13H11N3O4/c17-8-1-2-10(11(18)4-8)16-12(19)3-7-5-14-15-6-9(7)13(16)20/h5-6,10H,1-4H2. The molecule has 2 heterocycles. The van der Waals surface area contributed by atoms with Crippen molar-refractivity contribution in [2.24, 2.45) is 0 Å². The third-order valence-electron chi connectivity index (χ3n) is 3.62. The number of fused-ring (bicyclic) bond motifs is 1. The third kappa shape index (κ3) is 1.91. The molecule has 1 unspecified atom stereocenters. The highest BCUT2D eigenvalue weighted by atomic mass is 16.2. The van der Waals surface area contributed by atoms with Crippen molar-refractivity contribution in [2.45, 2.75) is 31.7 Å². The number of amides is 2. The Balaban J connectivity index is 1.95. The summed E-state index contributed by atoms with van der Waals surface area (Å²) in [5.74, 6) is -1.47. The lowest BCUT2D eigenvalue weighted by atomic mass is 9.89. The van der Waals surface area contributed by atoms with Gasteiger partial charge in [0, 0.05) is 6.42 Å². The fourth-order valence-electron chi connectivity index (χ4n) is 2.62. The molecule has 0 radical (unpaired) electrons. The van der Waals surface area contributed by atoms with Gasteiger partial charge in [0.05, 0.1) is 36.8 Å². The summed E-state index contributed by atoms with van der Waals surface area (Å²) < 4.78 is 0. The van der Waals surface area contributed by atoms with Crippen molar-refractivity contribution in [3.8, 4) is 0 Å². The first-order chi connectivity index (χ1) is 9.58. The minimum Gasteiger partial charge on any atom is -0.299 e. The molecule has 1 aliphatic heterocycles. The Morgan fingerprint density at radius 2 is 1.80 bits per heavy atom. The number of carbonyl (C=O) groups excluding carboxylic acids is 4. The molecule has 2 aliphatic rings. The molecule has 1 aromatic heterocycles. The zero-order valence-corrected chi connectivity index (χ0v) is 10.5. The smallest absolute Gasteiger partial charge is 0.263 e. The van der Waals surface area contributed by atoms with E-state index in [2.05, 4.69) is 10.2 Å². The highest BCUT2D eigenvalue weighted by molar-refractivity contribution is 6.14. The van der Waals surface area contributed by atoms with E-state index in [-0.39, 0.29) is 37.2 Å². The number of imide groups is 1. The van der Waals surface area contributed by atoms with Crippen LogP contribution in [0.2, 0.25) is 0 Å². The molecule has 2 amide bonds. The van der Waals surface area contributed by atoms with Crippen LogP contribution in [0.15, 0.2) is 12.4 Å². The summed E-state index contributed by atoms with van der Waals surface area (Å²) in [4.78, 5) is 48.6. The minimum atomic E-state index is -0.825. The Morgan fingerprint density at radius 3 is 2.55 bits per heavy atom. The molecule has 7 heteroatoms. The lowest BCUT2D eigenvalue weighted by Crippen LogP contribution is -2.53. The van der Waals surface area contributed by atoms with E-state index < -0.39 is 17.9 Å². The predicted molar refractivity (Wildman–Crippen MR) is 64.6 cm³/mol. The molecule has 102 valence electrons. The van der Waals surface area contributed by atoms with Gasteiger partial charge in [-0.3, -0.25) is 24.1 Å². The largest absolute Gasteiger partial charge is 0.299 e. The van der Waals surface area contributed by atoms with Gasteiger partial charge >= 0.3 is 0 Å². The van der Waals surface area contributed by atoms with Crippen molar-refractivity contribution >= 4 is 23.4 Å². The monoisotopic (exact) mass is 273 g/mol. The van der Waals surface area contributed by atoms with E-state index in [1.807, 2.05) is 0 Å². The zero-order valence-electron chi connectivity index (χ0n) is 10.5. The van der Waals surface area contributed by atoms with E-state index in [0.29, 0.717) is 11.1 Å². The highest BCUT2D eigenvalue weighted by Crippen LogP contribution is 2.25. The summed E-state index contributed by atoms with van der Waals surface area (Å²) in [5.41, 5.74) is 0.815. The lowest BCUT2D eigenvalue weighted by molar-refractivity contribution is -0.141. The van der Waals surface area contributed by atoms with Crippen LogP contribution in [0, 0.1) is 0 Å². The second kappa shape index (κ2) is 4.59. The van der Waals surface area contributed by atoms with Crippen LogP contribution in [0.25, 0.3) is 0 Å². The maximum Gasteiger partial charge on any atom is 0.263 e. The first-order valence-electron chi connectivity index (χ1n) is 6.28. The van der Waals surface area contributed by atoms with Gasteiger partial charge < -0.3 is 0 Å². The van der Waals surface area contributed by atoms with Crippen LogP contribution in [-0.2, 0) is 20.8 Å². The van der Waals surface area contributed by atoms with Crippen LogP contribution >= 0.6 is 0 Å². The number of hydrogen-bond acceptors (Lipinski definition) is 6. The first-order valence-corrected chi connectivity index (χ1v) is 6.28. The fourth-order valence-corrected chi connectivity index (χ4v) is 2.62. The molecule has 7 nitrogen and oxygen atoms in total. The molecule has 0 saturated heterocycles. The summed E-state index contributed by atoms with van der Waals surface area (Å²) in [5, 5.41) is 7.28. The molecule has 0 N–H and O–H groups in total. The SMILES string of the molecule is O=C1CCC(N2C(=O)Cc3cnncc3C2=O)C(=O)C1. The summed E-state index contributed by atoms with van der Waals surface area (Å²) in [6.07, 6.45) is 2.93. The van der Waals surface area contributed by atoms with Crippen LogP contribution in [0.3, 0.4) is 0 Å². The number of ketones is 2. The quantitative estimate of drug-likeness (QED) is 0.514. The Kier molecular flexibility index (Phi) is 2.89. The maximum atomic E-state index is 12.4. The van der Waals surface area contributed by atoms with E-state index in [0.717, 1.165) is 4.90 Å². The van der Waals surface area contributed by atoms with Crippen LogP contribution in [-0.4, -0.2) is 44.5 Å². The second-order valence-electron chi connectivity index (χ2n) is 4.91. The topological polar surface area (TPSA) is 97.3 Å². The van der Waals surface area contributed by atoms with Gasteiger partial charge in [0.2, 0.25) is 5.91 Å². The van der Waals surface area contributed by atoms with Gasteiger partial charge in [0.15, 0.2) is 5.78 Å². The number of aromatic nitrogens is 2. The number of Topliss-reactive ketones (excluding diaryl/α,β-unsaturated/α-hetero) is 2. The highest BCUT2D eigenvalue weighted by Gasteiger charge is 2.41. The van der Waals surface area contributed by atoms with Gasteiger partial charge in [-0.15, -0.1) is 0 Å². The van der Waals surface area contributed by atoms with Gasteiger partial charge in [-0.1, -0.05) is 0 Å². The molecule has 1 fully saturated rings. The molecule has 0 spiro atoms. The molecule has 1 aliphatic carbocycles. The molecule has 20 heavy (non-hydrogen) atoms. The maximum absolute atomic E-state index is 12.4. The number of rotatable bonds is 1. The van der Waals surface area contributed by atoms with Crippen molar-refractivity contribution < 1.29 is 19.2 Å². The summed E-state index contributed by atoms with van der Waals surface area (Å²) in [6.45, 7) is 0. The molecular formula is C13H11N3O4. The number of carbonyl (C=O) groups is 4. The Labute approximate surface area is 114 Å². The molecule has 1 aromatic rings. The molecule has 3 rings (SSSR count). The van der Waals surface area contributed by atoms with E-state index in [9.17, 15) is 19.2 Å². The lowest BCUT2D eigenvalue weighted by Gasteiger charge is -2.34. The predicted octanol–water partition coefficient (Wildman–Crippen LogP) is -0.308. The molecular weight excluding hydrogens is 262 g/mol. The third-order valence-corrected chi connectivity index (χ3v) is 3.62. The van der Waals surface area contributed by atoms with Crippen molar-refractivity contribution in [2.75, 3.05) is 0 Å². The van der Waals surface area contributed by atoms with Gasteiger partial charge in [-0.25, -0.2) is 0 Å². The van der Waals surface area contributed by atoms with Gasteiger partial charge in [-0.2, -0.15) is 10.2 Å². The van der Waals surface area contributed by atoms with Gasteiger partial charge in [0.1, 0.15) is 5.78 Å². The van der Waals surface area contributed by atoms with Crippen LogP contribution in [0.5, 0.6) is 0 Å². The number of hydrogen-bond donors (Lipinski definition) is 0. The minimum absolute atomic E-state index is 0.0221. The van der Waals surface area contributed by atoms with Gasteiger partial charge in [0.25, 0.3) is 5.91 Å². The number of nitrogens with zero attached hydrogens (tertiary/aromatic N) is 3. The second-order valence-corrected chi connectivity index (χ2v) is 4.91. The van der Waals surface area contributed by atoms with Crippen LogP contribution < -0.4 is 0 Å². The average Bonchev–Trinajstić information content (AvgIpc) is 2.41. The van der Waals surface area contributed by atoms with Crippen LogP contribution in [0.1, 0.15) is 35.2 Å².